The Hall–Kier alpha value is -2.60. The summed E-state index contributed by atoms with van der Waals surface area (Å²) >= 11 is 0. The molecule has 1 aromatic rings. The van der Waals surface area contributed by atoms with Crippen molar-refractivity contribution in [3.05, 3.63) is 65.3 Å². The van der Waals surface area contributed by atoms with Crippen LogP contribution in [0.1, 0.15) is 18.9 Å². The zero-order valence-corrected chi connectivity index (χ0v) is 10.7. The molecule has 1 rings (SSSR count). The van der Waals surface area contributed by atoms with Gasteiger partial charge in [0, 0.05) is 6.08 Å². The third-order valence-electron chi connectivity index (χ3n) is 2.56. The van der Waals surface area contributed by atoms with E-state index in [-0.39, 0.29) is 5.57 Å². The van der Waals surface area contributed by atoms with E-state index in [1.54, 1.807) is 18.2 Å². The van der Waals surface area contributed by atoms with Gasteiger partial charge in [0.2, 0.25) is 0 Å². The smallest absolute Gasteiger partial charge is 0.335 e. The number of nitriles is 1. The quantitative estimate of drug-likeness (QED) is 0.495. The lowest BCUT2D eigenvalue weighted by atomic mass is 10.0. The largest absolute Gasteiger partial charge is 0.478 e. The molecule has 3 heteroatoms. The van der Waals surface area contributed by atoms with Crippen molar-refractivity contribution in [3.63, 3.8) is 0 Å². The molecule has 0 radical (unpaired) electrons. The SMILES string of the molecule is CCC(C=CC#N)=C(C=Cc1ccccc1)C(=O)O. The fraction of sp³-hybridized carbons (Fsp3) is 0.125. The Labute approximate surface area is 112 Å². The Morgan fingerprint density at radius 3 is 2.53 bits per heavy atom. The molecule has 0 bridgehead atoms. The Balaban J connectivity index is 3.11. The molecular formula is C16H15NO2. The van der Waals surface area contributed by atoms with Gasteiger partial charge in [-0.15, -0.1) is 0 Å². The predicted octanol–water partition coefficient (Wildman–Crippen LogP) is 3.57. The molecule has 0 unspecified atom stereocenters. The van der Waals surface area contributed by atoms with Crippen LogP contribution in [0.3, 0.4) is 0 Å². The maximum Gasteiger partial charge on any atom is 0.335 e. The molecule has 0 aliphatic rings. The summed E-state index contributed by atoms with van der Waals surface area (Å²) in [6, 6.07) is 11.3. The molecule has 1 aromatic carbocycles. The van der Waals surface area contributed by atoms with E-state index in [0.29, 0.717) is 12.0 Å². The second kappa shape index (κ2) is 7.67. The van der Waals surface area contributed by atoms with Crippen LogP contribution >= 0.6 is 0 Å². The summed E-state index contributed by atoms with van der Waals surface area (Å²) in [7, 11) is 0. The Morgan fingerprint density at radius 1 is 1.32 bits per heavy atom. The molecule has 0 heterocycles. The molecule has 0 fully saturated rings. The molecule has 96 valence electrons. The van der Waals surface area contributed by atoms with Crippen molar-refractivity contribution in [1.29, 1.82) is 5.26 Å². The normalized spacial score (nSPS) is 12.4. The van der Waals surface area contributed by atoms with Gasteiger partial charge in [-0.1, -0.05) is 43.3 Å². The number of hydrogen-bond donors (Lipinski definition) is 1. The molecule has 19 heavy (non-hydrogen) atoms. The van der Waals surface area contributed by atoms with Crippen LogP contribution in [0, 0.1) is 11.3 Å². The topological polar surface area (TPSA) is 61.1 Å². The molecule has 0 amide bonds. The number of aliphatic carboxylic acids is 1. The van der Waals surface area contributed by atoms with E-state index in [4.69, 9.17) is 5.26 Å². The van der Waals surface area contributed by atoms with Crippen LogP contribution in [0.15, 0.2) is 59.7 Å². The number of carboxylic acid groups (broad SMARTS) is 1. The van der Waals surface area contributed by atoms with Crippen LogP contribution in [0.4, 0.5) is 0 Å². The summed E-state index contributed by atoms with van der Waals surface area (Å²) in [4.78, 5) is 11.3. The number of benzene rings is 1. The summed E-state index contributed by atoms with van der Waals surface area (Å²) in [5.41, 5.74) is 1.76. The Bertz CT molecular complexity index is 560. The summed E-state index contributed by atoms with van der Waals surface area (Å²) in [5.74, 6) is -0.994. The first kappa shape index (κ1) is 14.5. The summed E-state index contributed by atoms with van der Waals surface area (Å²) in [6.45, 7) is 1.86. The third-order valence-corrected chi connectivity index (χ3v) is 2.56. The predicted molar refractivity (Wildman–Crippen MR) is 75.2 cm³/mol. The molecule has 0 aromatic heterocycles. The van der Waals surface area contributed by atoms with E-state index in [1.165, 1.54) is 6.08 Å². The van der Waals surface area contributed by atoms with E-state index < -0.39 is 5.97 Å². The lowest BCUT2D eigenvalue weighted by molar-refractivity contribution is -0.132. The minimum atomic E-state index is -0.994. The highest BCUT2D eigenvalue weighted by Crippen LogP contribution is 2.14. The number of hydrogen-bond acceptors (Lipinski definition) is 2. The van der Waals surface area contributed by atoms with Crippen molar-refractivity contribution < 1.29 is 9.90 Å². The zero-order valence-electron chi connectivity index (χ0n) is 10.7. The Kier molecular flexibility index (Phi) is 5.84. The first-order chi connectivity index (χ1) is 9.19. The summed E-state index contributed by atoms with van der Waals surface area (Å²) < 4.78 is 0. The van der Waals surface area contributed by atoms with Crippen LogP contribution in [-0.4, -0.2) is 11.1 Å². The van der Waals surface area contributed by atoms with Gasteiger partial charge in [-0.3, -0.25) is 0 Å². The van der Waals surface area contributed by atoms with Crippen LogP contribution < -0.4 is 0 Å². The van der Waals surface area contributed by atoms with Gasteiger partial charge < -0.3 is 5.11 Å². The van der Waals surface area contributed by atoms with Gasteiger partial charge in [-0.25, -0.2) is 4.79 Å². The van der Waals surface area contributed by atoms with Gasteiger partial charge in [0.05, 0.1) is 11.6 Å². The fourth-order valence-corrected chi connectivity index (χ4v) is 1.60. The minimum Gasteiger partial charge on any atom is -0.478 e. The lowest BCUT2D eigenvalue weighted by Gasteiger charge is -2.02. The second-order valence-corrected chi connectivity index (χ2v) is 3.80. The third kappa shape index (κ3) is 4.64. The van der Waals surface area contributed by atoms with Crippen molar-refractivity contribution in [2.45, 2.75) is 13.3 Å². The van der Waals surface area contributed by atoms with Crippen LogP contribution in [0.25, 0.3) is 6.08 Å². The van der Waals surface area contributed by atoms with Crippen LogP contribution in [-0.2, 0) is 4.79 Å². The van der Waals surface area contributed by atoms with E-state index in [1.807, 2.05) is 43.3 Å². The molecule has 3 nitrogen and oxygen atoms in total. The first-order valence-corrected chi connectivity index (χ1v) is 5.94. The van der Waals surface area contributed by atoms with Crippen molar-refractivity contribution in [2.75, 3.05) is 0 Å². The zero-order chi connectivity index (χ0) is 14.1. The van der Waals surface area contributed by atoms with Crippen LogP contribution in [0.2, 0.25) is 0 Å². The van der Waals surface area contributed by atoms with Gasteiger partial charge in [0.25, 0.3) is 0 Å². The lowest BCUT2D eigenvalue weighted by Crippen LogP contribution is -2.01. The number of rotatable bonds is 5. The highest BCUT2D eigenvalue weighted by molar-refractivity contribution is 5.92. The second-order valence-electron chi connectivity index (χ2n) is 3.80. The highest BCUT2D eigenvalue weighted by atomic mass is 16.4. The van der Waals surface area contributed by atoms with Gasteiger partial charge >= 0.3 is 5.97 Å². The number of nitrogens with zero attached hydrogens (tertiary/aromatic N) is 1. The highest BCUT2D eigenvalue weighted by Gasteiger charge is 2.08. The first-order valence-electron chi connectivity index (χ1n) is 5.94. The Morgan fingerprint density at radius 2 is 2.00 bits per heavy atom. The van der Waals surface area contributed by atoms with Gasteiger partial charge in [-0.2, -0.15) is 5.26 Å². The maximum absolute atomic E-state index is 11.3. The van der Waals surface area contributed by atoms with Crippen molar-refractivity contribution in [3.8, 4) is 6.07 Å². The number of carboxylic acids is 1. The number of carbonyl (C=O) groups is 1. The van der Waals surface area contributed by atoms with E-state index >= 15 is 0 Å². The van der Waals surface area contributed by atoms with Crippen molar-refractivity contribution >= 4 is 12.0 Å². The molecule has 0 aliphatic heterocycles. The molecule has 0 atom stereocenters. The van der Waals surface area contributed by atoms with E-state index in [9.17, 15) is 9.90 Å². The molecule has 0 spiro atoms. The standard InChI is InChI=1S/C16H15NO2/c1-2-14(9-6-12-17)15(16(18)19)11-10-13-7-4-3-5-8-13/h3-11H,2H2,1H3,(H,18,19). The van der Waals surface area contributed by atoms with E-state index in [0.717, 1.165) is 5.56 Å². The molecule has 1 N–H and O–H groups in total. The number of allylic oxidation sites excluding steroid dienone is 3. The monoisotopic (exact) mass is 253 g/mol. The van der Waals surface area contributed by atoms with Gasteiger partial charge in [-0.05, 0) is 29.7 Å². The van der Waals surface area contributed by atoms with Gasteiger partial charge in [0.15, 0.2) is 0 Å². The average Bonchev–Trinajstić information content (AvgIpc) is 2.43. The molecular weight excluding hydrogens is 238 g/mol. The maximum atomic E-state index is 11.3. The van der Waals surface area contributed by atoms with Crippen molar-refractivity contribution in [2.24, 2.45) is 0 Å². The summed E-state index contributed by atoms with van der Waals surface area (Å²) in [6.07, 6.45) is 6.70. The minimum absolute atomic E-state index is 0.206. The fourth-order valence-electron chi connectivity index (χ4n) is 1.60. The van der Waals surface area contributed by atoms with E-state index in [2.05, 4.69) is 0 Å². The molecule has 0 saturated carbocycles. The van der Waals surface area contributed by atoms with Crippen LogP contribution in [0.5, 0.6) is 0 Å². The van der Waals surface area contributed by atoms with Crippen molar-refractivity contribution in [1.82, 2.24) is 0 Å². The average molecular weight is 253 g/mol. The van der Waals surface area contributed by atoms with Gasteiger partial charge in [0.1, 0.15) is 0 Å². The molecule has 0 aliphatic carbocycles. The summed E-state index contributed by atoms with van der Waals surface area (Å²) in [5, 5.41) is 17.7. The molecule has 0 saturated heterocycles.